The molecule has 10 heteroatoms. The van der Waals surface area contributed by atoms with E-state index in [1.165, 1.54) is 11.8 Å². The monoisotopic (exact) mass is 486 g/mol. The fourth-order valence-corrected chi connectivity index (χ4v) is 4.16. The highest BCUT2D eigenvalue weighted by molar-refractivity contribution is 6.30. The minimum atomic E-state index is -0.721. The Morgan fingerprint density at radius 1 is 1.12 bits per heavy atom. The third-order valence-corrected chi connectivity index (χ3v) is 5.93. The summed E-state index contributed by atoms with van der Waals surface area (Å²) in [5.74, 6) is -0.977. The summed E-state index contributed by atoms with van der Waals surface area (Å²) in [6.07, 6.45) is 0.623. The smallest absolute Gasteiger partial charge is 0.182 e. The molecule has 4 aromatic rings. The zero-order valence-electron chi connectivity index (χ0n) is 18.4. The Morgan fingerprint density at radius 2 is 1.91 bits per heavy atom. The van der Waals surface area contributed by atoms with Crippen LogP contribution < -0.4 is 4.74 Å². The average Bonchev–Trinajstić information content (AvgIpc) is 3.20. The van der Waals surface area contributed by atoms with Crippen molar-refractivity contribution in [2.45, 2.75) is 19.6 Å². The molecule has 2 aromatic carbocycles. The topological polar surface area (TPSA) is 71.3 Å². The van der Waals surface area contributed by atoms with E-state index in [-0.39, 0.29) is 24.5 Å². The number of ether oxygens (including phenoxy) is 3. The van der Waals surface area contributed by atoms with Gasteiger partial charge in [-0.25, -0.2) is 18.7 Å². The third kappa shape index (κ3) is 4.34. The first-order chi connectivity index (χ1) is 16.5. The second-order valence-electron chi connectivity index (χ2n) is 7.80. The van der Waals surface area contributed by atoms with Crippen LogP contribution in [0.25, 0.3) is 22.4 Å². The molecule has 0 atom stereocenters. The number of fused-ring (bicyclic) bond motifs is 2. The number of methoxy groups -OCH3 is 1. The van der Waals surface area contributed by atoms with Crippen LogP contribution in [0.2, 0.25) is 5.15 Å². The number of para-hydroxylation sites is 1. The quantitative estimate of drug-likeness (QED) is 0.281. The lowest BCUT2D eigenvalue weighted by atomic mass is 10.1. The predicted octanol–water partition coefficient (Wildman–Crippen LogP) is 4.57. The first-order valence-electron chi connectivity index (χ1n) is 10.7. The molecule has 176 valence electrons. The third-order valence-electron chi connectivity index (χ3n) is 5.62. The van der Waals surface area contributed by atoms with Crippen LogP contribution in [0.5, 0.6) is 5.75 Å². The Bertz CT molecular complexity index is 1340. The van der Waals surface area contributed by atoms with Crippen molar-refractivity contribution >= 4 is 22.5 Å². The first kappa shape index (κ1) is 22.6. The minimum Gasteiger partial charge on any atom is -0.491 e. The van der Waals surface area contributed by atoms with Crippen molar-refractivity contribution in [3.63, 3.8) is 0 Å². The molecule has 0 bridgehead atoms. The van der Waals surface area contributed by atoms with Crippen LogP contribution in [-0.2, 0) is 29.0 Å². The second kappa shape index (κ2) is 9.61. The molecule has 3 heterocycles. The molecule has 0 saturated heterocycles. The Hall–Kier alpha value is -3.14. The molecule has 0 N–H and O–H groups in total. The highest BCUT2D eigenvalue weighted by Crippen LogP contribution is 2.31. The summed E-state index contributed by atoms with van der Waals surface area (Å²) in [4.78, 5) is 9.10. The molecule has 0 fully saturated rings. The van der Waals surface area contributed by atoms with Crippen LogP contribution in [0.3, 0.4) is 0 Å². The van der Waals surface area contributed by atoms with Crippen molar-refractivity contribution in [3.05, 3.63) is 70.0 Å². The molecule has 0 amide bonds. The lowest BCUT2D eigenvalue weighted by Gasteiger charge is -2.16. The number of hydrogen-bond acceptors (Lipinski definition) is 6. The minimum absolute atomic E-state index is 0.0999. The fraction of sp³-hybridized carbons (Fsp3) is 0.292. The highest BCUT2D eigenvalue weighted by Gasteiger charge is 2.22. The summed E-state index contributed by atoms with van der Waals surface area (Å²) in [7, 11) is 1.52. The zero-order chi connectivity index (χ0) is 23.7. The van der Waals surface area contributed by atoms with Gasteiger partial charge in [-0.05, 0) is 6.07 Å². The number of nitrogens with zero attached hydrogens (tertiary/aromatic N) is 4. The second-order valence-corrected chi connectivity index (χ2v) is 8.15. The summed E-state index contributed by atoms with van der Waals surface area (Å²) >= 11 is 6.40. The van der Waals surface area contributed by atoms with E-state index in [2.05, 4.69) is 15.1 Å². The first-order valence-corrected chi connectivity index (χ1v) is 11.1. The predicted molar refractivity (Wildman–Crippen MR) is 122 cm³/mol. The summed E-state index contributed by atoms with van der Waals surface area (Å²) < 4.78 is 46.9. The van der Waals surface area contributed by atoms with Gasteiger partial charge in [0.2, 0.25) is 0 Å². The van der Waals surface area contributed by atoms with Crippen molar-refractivity contribution < 1.29 is 23.0 Å². The summed E-state index contributed by atoms with van der Waals surface area (Å²) in [5.41, 5.74) is 2.66. The average molecular weight is 487 g/mol. The summed E-state index contributed by atoms with van der Waals surface area (Å²) in [6, 6.07) is 9.72. The molecule has 0 radical (unpaired) electrons. The van der Waals surface area contributed by atoms with E-state index in [1.54, 1.807) is 0 Å². The lowest BCUT2D eigenvalue weighted by molar-refractivity contribution is 0.109. The van der Waals surface area contributed by atoms with E-state index in [4.69, 9.17) is 25.8 Å². The fourth-order valence-electron chi connectivity index (χ4n) is 3.92. The molecule has 2 aromatic heterocycles. The Morgan fingerprint density at radius 3 is 2.71 bits per heavy atom. The molecule has 0 aliphatic carbocycles. The number of benzene rings is 2. The maximum Gasteiger partial charge on any atom is 0.182 e. The Balaban J connectivity index is 1.53. The van der Waals surface area contributed by atoms with Crippen LogP contribution in [0.4, 0.5) is 8.78 Å². The molecule has 1 aliphatic heterocycles. The van der Waals surface area contributed by atoms with Gasteiger partial charge in [0.25, 0.3) is 0 Å². The van der Waals surface area contributed by atoms with Gasteiger partial charge in [-0.3, -0.25) is 4.68 Å². The SMILES string of the molecule is COCCOc1cc(F)c(Cn2nc(-c3nc(Cl)c4c(n3)CCOC4)c3ccccc32)c(F)c1. The van der Waals surface area contributed by atoms with Crippen molar-refractivity contribution in [1.82, 2.24) is 19.7 Å². The standard InChI is InChI=1S/C24H21ClF2N4O3/c1-32-8-9-34-14-10-18(26)16(19(27)11-14)12-31-21-5-3-2-4-15(21)22(30-31)24-28-20-6-7-33-13-17(20)23(25)29-24/h2-5,10-11H,6-9,12-13H2,1H3. The van der Waals surface area contributed by atoms with Crippen LogP contribution in [0.1, 0.15) is 16.8 Å². The molecule has 34 heavy (non-hydrogen) atoms. The highest BCUT2D eigenvalue weighted by atomic mass is 35.5. The number of rotatable bonds is 7. The van der Waals surface area contributed by atoms with Gasteiger partial charge in [0.05, 0.1) is 37.6 Å². The molecule has 5 rings (SSSR count). The van der Waals surface area contributed by atoms with Crippen molar-refractivity contribution in [3.8, 4) is 17.3 Å². The van der Waals surface area contributed by atoms with E-state index in [1.807, 2.05) is 24.3 Å². The number of hydrogen-bond donors (Lipinski definition) is 0. The Kier molecular flexibility index (Phi) is 6.40. The maximum absolute atomic E-state index is 14.8. The van der Waals surface area contributed by atoms with Crippen LogP contribution in [0, 0.1) is 11.6 Å². The zero-order valence-corrected chi connectivity index (χ0v) is 19.1. The molecule has 7 nitrogen and oxygen atoms in total. The molecule has 0 saturated carbocycles. The van der Waals surface area contributed by atoms with Gasteiger partial charge < -0.3 is 14.2 Å². The van der Waals surface area contributed by atoms with E-state index in [0.29, 0.717) is 48.4 Å². The molecule has 0 unspecified atom stereocenters. The summed E-state index contributed by atoms with van der Waals surface area (Å²) in [6.45, 7) is 1.31. The van der Waals surface area contributed by atoms with E-state index >= 15 is 0 Å². The van der Waals surface area contributed by atoms with E-state index in [9.17, 15) is 8.78 Å². The molecule has 0 spiro atoms. The van der Waals surface area contributed by atoms with Crippen LogP contribution >= 0.6 is 11.6 Å². The summed E-state index contributed by atoms with van der Waals surface area (Å²) in [5, 5.41) is 5.71. The molecular weight excluding hydrogens is 466 g/mol. The van der Waals surface area contributed by atoms with E-state index < -0.39 is 11.6 Å². The van der Waals surface area contributed by atoms with Crippen molar-refractivity contribution in [2.75, 3.05) is 26.9 Å². The van der Waals surface area contributed by atoms with Gasteiger partial charge in [-0.1, -0.05) is 29.8 Å². The maximum atomic E-state index is 14.8. The van der Waals surface area contributed by atoms with E-state index in [0.717, 1.165) is 28.8 Å². The van der Waals surface area contributed by atoms with Crippen LogP contribution in [-0.4, -0.2) is 46.7 Å². The molecular formula is C24H21ClF2N4O3. The van der Waals surface area contributed by atoms with Gasteiger partial charge in [0.1, 0.15) is 34.8 Å². The van der Waals surface area contributed by atoms with Crippen molar-refractivity contribution in [1.29, 1.82) is 0 Å². The Labute approximate surface area is 199 Å². The van der Waals surface area contributed by atoms with Crippen LogP contribution in [0.15, 0.2) is 36.4 Å². The molecule has 1 aliphatic rings. The van der Waals surface area contributed by atoms with Crippen molar-refractivity contribution in [2.24, 2.45) is 0 Å². The van der Waals surface area contributed by atoms with Gasteiger partial charge in [0.15, 0.2) is 5.82 Å². The number of halogens is 3. The van der Waals surface area contributed by atoms with Gasteiger partial charge in [-0.15, -0.1) is 0 Å². The number of aromatic nitrogens is 4. The largest absolute Gasteiger partial charge is 0.491 e. The lowest BCUT2D eigenvalue weighted by Crippen LogP contribution is -2.14. The van der Waals surface area contributed by atoms with Gasteiger partial charge in [0, 0.05) is 42.2 Å². The van der Waals surface area contributed by atoms with Gasteiger partial charge in [-0.2, -0.15) is 5.10 Å². The normalized spacial score (nSPS) is 13.3. The van der Waals surface area contributed by atoms with Gasteiger partial charge >= 0.3 is 0 Å².